The molecule has 0 unspecified atom stereocenters. The zero-order chi connectivity index (χ0) is 14.9. The fourth-order valence-corrected chi connectivity index (χ4v) is 2.11. The van der Waals surface area contributed by atoms with Crippen molar-refractivity contribution < 1.29 is 9.53 Å². The van der Waals surface area contributed by atoms with Crippen molar-refractivity contribution in [1.82, 2.24) is 5.32 Å². The van der Waals surface area contributed by atoms with E-state index in [4.69, 9.17) is 4.74 Å². The van der Waals surface area contributed by atoms with Gasteiger partial charge in [-0.1, -0.05) is 34.1 Å². The van der Waals surface area contributed by atoms with E-state index in [1.54, 1.807) is 0 Å². The highest BCUT2D eigenvalue weighted by molar-refractivity contribution is 5.75. The summed E-state index contributed by atoms with van der Waals surface area (Å²) >= 11 is 0. The highest BCUT2D eigenvalue weighted by atomic mass is 16.5. The van der Waals surface area contributed by atoms with Crippen LogP contribution >= 0.6 is 0 Å². The third-order valence-corrected chi connectivity index (χ3v) is 3.57. The Morgan fingerprint density at radius 3 is 2.21 bits per heavy atom. The number of amides is 1. The van der Waals surface area contributed by atoms with E-state index in [-0.39, 0.29) is 11.5 Å². The second-order valence-electron chi connectivity index (χ2n) is 6.73. The number of carbonyl (C=O) groups excluding carboxylic acids is 1. The number of nitrogens with one attached hydrogen (secondary N) is 1. The molecule has 0 radical (unpaired) electrons. The van der Waals surface area contributed by atoms with Gasteiger partial charge in [0.15, 0.2) is 0 Å². The van der Waals surface area contributed by atoms with Crippen LogP contribution in [0.2, 0.25) is 0 Å². The summed E-state index contributed by atoms with van der Waals surface area (Å²) in [5.41, 5.74) is 0.199. The van der Waals surface area contributed by atoms with E-state index in [0.29, 0.717) is 18.4 Å². The monoisotopic (exact) mass is 271 g/mol. The van der Waals surface area contributed by atoms with Crippen LogP contribution in [0.15, 0.2) is 0 Å². The molecule has 3 heteroatoms. The molecule has 1 N–H and O–H groups in total. The predicted octanol–water partition coefficient (Wildman–Crippen LogP) is 3.91. The van der Waals surface area contributed by atoms with Gasteiger partial charge in [-0.05, 0) is 38.5 Å². The summed E-state index contributed by atoms with van der Waals surface area (Å²) in [6, 6.07) is 0. The predicted molar refractivity (Wildman–Crippen MR) is 81.3 cm³/mol. The van der Waals surface area contributed by atoms with Crippen molar-refractivity contribution in [3.05, 3.63) is 0 Å². The fourth-order valence-electron chi connectivity index (χ4n) is 2.11. The highest BCUT2D eigenvalue weighted by Crippen LogP contribution is 2.27. The van der Waals surface area contributed by atoms with E-state index < -0.39 is 0 Å². The number of ether oxygens (including phenoxy) is 1. The molecule has 0 aliphatic heterocycles. The van der Waals surface area contributed by atoms with Crippen molar-refractivity contribution in [2.24, 2.45) is 5.41 Å². The lowest BCUT2D eigenvalue weighted by molar-refractivity contribution is -0.121. The van der Waals surface area contributed by atoms with E-state index in [0.717, 1.165) is 19.4 Å². The molecule has 0 aromatic rings. The average Bonchev–Trinajstić information content (AvgIpc) is 2.27. The average molecular weight is 271 g/mol. The van der Waals surface area contributed by atoms with Crippen molar-refractivity contribution in [3.8, 4) is 0 Å². The molecule has 0 spiro atoms. The van der Waals surface area contributed by atoms with E-state index in [9.17, 15) is 4.79 Å². The van der Waals surface area contributed by atoms with Gasteiger partial charge in [-0.25, -0.2) is 0 Å². The summed E-state index contributed by atoms with van der Waals surface area (Å²) < 4.78 is 5.98. The van der Waals surface area contributed by atoms with E-state index in [1.165, 1.54) is 12.8 Å². The Kier molecular flexibility index (Phi) is 8.31. The molecule has 0 atom stereocenters. The van der Waals surface area contributed by atoms with Gasteiger partial charge in [0, 0.05) is 19.6 Å². The van der Waals surface area contributed by atoms with Crippen LogP contribution in [0, 0.1) is 5.41 Å². The van der Waals surface area contributed by atoms with Crippen LogP contribution in [0.25, 0.3) is 0 Å². The van der Waals surface area contributed by atoms with Gasteiger partial charge in [0.2, 0.25) is 5.91 Å². The molecular formula is C16H33NO2. The van der Waals surface area contributed by atoms with E-state index >= 15 is 0 Å². The molecule has 3 nitrogen and oxygen atoms in total. The van der Waals surface area contributed by atoms with Crippen LogP contribution in [0.3, 0.4) is 0 Å². The number of hydrogen-bond acceptors (Lipinski definition) is 2. The molecule has 0 aliphatic carbocycles. The van der Waals surface area contributed by atoms with Gasteiger partial charge in [0.25, 0.3) is 0 Å². The zero-order valence-electron chi connectivity index (χ0n) is 13.8. The lowest BCUT2D eigenvalue weighted by Gasteiger charge is -2.29. The minimum absolute atomic E-state index is 0.111. The Labute approximate surface area is 119 Å². The molecule has 0 saturated heterocycles. The van der Waals surface area contributed by atoms with Gasteiger partial charge in [-0.3, -0.25) is 4.79 Å². The Bertz CT molecular complexity index is 259. The second kappa shape index (κ2) is 8.57. The summed E-state index contributed by atoms with van der Waals surface area (Å²) in [5.74, 6) is 0.111. The molecule has 19 heavy (non-hydrogen) atoms. The van der Waals surface area contributed by atoms with Crippen molar-refractivity contribution in [3.63, 3.8) is 0 Å². The summed E-state index contributed by atoms with van der Waals surface area (Å²) in [4.78, 5) is 11.2. The largest absolute Gasteiger partial charge is 0.375 e. The third-order valence-electron chi connectivity index (χ3n) is 3.57. The number of rotatable bonds is 10. The van der Waals surface area contributed by atoms with Crippen LogP contribution in [0.5, 0.6) is 0 Å². The second-order valence-corrected chi connectivity index (χ2v) is 6.73. The molecule has 1 amide bonds. The minimum Gasteiger partial charge on any atom is -0.375 e. The zero-order valence-corrected chi connectivity index (χ0v) is 13.8. The lowest BCUT2D eigenvalue weighted by Crippen LogP contribution is -2.33. The molecular weight excluding hydrogens is 238 g/mol. The lowest BCUT2D eigenvalue weighted by atomic mass is 9.85. The Morgan fingerprint density at radius 2 is 1.68 bits per heavy atom. The molecule has 114 valence electrons. The first kappa shape index (κ1) is 18.4. The molecule has 0 fully saturated rings. The third kappa shape index (κ3) is 9.94. The van der Waals surface area contributed by atoms with Crippen molar-refractivity contribution in [2.45, 2.75) is 79.2 Å². The number of hydrogen-bond donors (Lipinski definition) is 1. The van der Waals surface area contributed by atoms with Gasteiger partial charge in [-0.15, -0.1) is 0 Å². The maximum Gasteiger partial charge on any atom is 0.219 e. The van der Waals surface area contributed by atoms with Crippen LogP contribution < -0.4 is 5.32 Å². The van der Waals surface area contributed by atoms with E-state index in [2.05, 4.69) is 39.9 Å². The molecule has 0 aliphatic rings. The smallest absolute Gasteiger partial charge is 0.219 e. The first-order valence-corrected chi connectivity index (χ1v) is 7.63. The summed E-state index contributed by atoms with van der Waals surface area (Å²) in [6.07, 6.45) is 4.95. The molecule has 0 bridgehead atoms. The summed E-state index contributed by atoms with van der Waals surface area (Å²) in [7, 11) is 0. The normalized spacial score (nSPS) is 12.5. The van der Waals surface area contributed by atoms with E-state index in [1.807, 2.05) is 6.92 Å². The standard InChI is InChI=1S/C16H33NO2/c1-7-9-15(3,4)11-13-19-16(5,6)10-12-17-14(18)8-2/h7-13H2,1-6H3,(H,17,18). The Balaban J connectivity index is 3.87. The summed E-state index contributed by atoms with van der Waals surface area (Å²) in [6.45, 7) is 14.4. The first-order chi connectivity index (χ1) is 8.72. The molecule has 0 rings (SSSR count). The van der Waals surface area contributed by atoms with Crippen LogP contribution in [-0.2, 0) is 9.53 Å². The fraction of sp³-hybridized carbons (Fsp3) is 0.938. The van der Waals surface area contributed by atoms with Crippen LogP contribution in [-0.4, -0.2) is 24.7 Å². The van der Waals surface area contributed by atoms with Crippen molar-refractivity contribution >= 4 is 5.91 Å². The molecule has 0 heterocycles. The SMILES string of the molecule is CCCC(C)(C)CCOC(C)(C)CCNC(=O)CC. The van der Waals surface area contributed by atoms with Crippen molar-refractivity contribution in [1.29, 1.82) is 0 Å². The quantitative estimate of drug-likeness (QED) is 0.654. The van der Waals surface area contributed by atoms with Gasteiger partial charge in [0.1, 0.15) is 0 Å². The van der Waals surface area contributed by atoms with Crippen molar-refractivity contribution in [2.75, 3.05) is 13.2 Å². The Hall–Kier alpha value is -0.570. The first-order valence-electron chi connectivity index (χ1n) is 7.63. The molecule has 0 aromatic carbocycles. The minimum atomic E-state index is -0.163. The Morgan fingerprint density at radius 1 is 1.05 bits per heavy atom. The topological polar surface area (TPSA) is 38.3 Å². The van der Waals surface area contributed by atoms with Gasteiger partial charge in [0.05, 0.1) is 5.60 Å². The van der Waals surface area contributed by atoms with Gasteiger partial charge < -0.3 is 10.1 Å². The maximum atomic E-state index is 11.2. The highest BCUT2D eigenvalue weighted by Gasteiger charge is 2.21. The number of carbonyl (C=O) groups is 1. The maximum absolute atomic E-state index is 11.2. The molecule has 0 saturated carbocycles. The van der Waals surface area contributed by atoms with Gasteiger partial charge in [-0.2, -0.15) is 0 Å². The summed E-state index contributed by atoms with van der Waals surface area (Å²) in [5, 5.41) is 2.90. The van der Waals surface area contributed by atoms with Crippen LogP contribution in [0.1, 0.15) is 73.6 Å². The molecule has 0 aromatic heterocycles. The van der Waals surface area contributed by atoms with Gasteiger partial charge >= 0.3 is 0 Å². The van der Waals surface area contributed by atoms with Crippen LogP contribution in [0.4, 0.5) is 0 Å².